The molecule has 0 saturated carbocycles. The van der Waals surface area contributed by atoms with Crippen molar-refractivity contribution < 1.29 is 4.39 Å². The number of hydrogen-bond acceptors (Lipinski definition) is 4. The minimum Gasteiger partial charge on any atom is -0.275 e. The Kier molecular flexibility index (Phi) is 4.95. The average molecular weight is 455 g/mol. The van der Waals surface area contributed by atoms with E-state index < -0.39 is 11.5 Å². The maximum absolute atomic E-state index is 14.3. The zero-order chi connectivity index (χ0) is 21.5. The monoisotopic (exact) mass is 454 g/mol. The lowest BCUT2D eigenvalue weighted by atomic mass is 10.1. The summed E-state index contributed by atoms with van der Waals surface area (Å²) in [4.78, 5) is 26.3. The van der Waals surface area contributed by atoms with Gasteiger partial charge in [-0.15, -0.1) is 16.4 Å². The number of aromatic nitrogens is 4. The van der Waals surface area contributed by atoms with Crippen LogP contribution in [0.1, 0.15) is 11.1 Å². The summed E-state index contributed by atoms with van der Waals surface area (Å²) < 4.78 is 18.8. The maximum Gasteiger partial charge on any atom is 0.352 e. The molecule has 3 aromatic heterocycles. The normalized spacial score (nSPS) is 11.5. The van der Waals surface area contributed by atoms with Gasteiger partial charge in [0.15, 0.2) is 0 Å². The van der Waals surface area contributed by atoms with Gasteiger partial charge in [0.05, 0.1) is 12.1 Å². The summed E-state index contributed by atoms with van der Waals surface area (Å²) in [7, 11) is 0. The van der Waals surface area contributed by atoms with Crippen LogP contribution in [-0.2, 0) is 19.5 Å². The Hall–Kier alpha value is -3.23. The van der Waals surface area contributed by atoms with Crippen molar-refractivity contribution in [3.63, 3.8) is 0 Å². The summed E-state index contributed by atoms with van der Waals surface area (Å²) in [6.45, 7) is 0.224. The van der Waals surface area contributed by atoms with Gasteiger partial charge < -0.3 is 0 Å². The van der Waals surface area contributed by atoms with E-state index in [1.807, 2.05) is 30.3 Å². The Morgan fingerprint density at radius 1 is 1.03 bits per heavy atom. The van der Waals surface area contributed by atoms with Crippen LogP contribution < -0.4 is 11.2 Å². The molecule has 0 aliphatic carbocycles. The smallest absolute Gasteiger partial charge is 0.275 e. The molecule has 0 amide bonds. The van der Waals surface area contributed by atoms with Gasteiger partial charge in [0.1, 0.15) is 10.5 Å². The predicted molar refractivity (Wildman–Crippen MR) is 120 cm³/mol. The minimum absolute atomic E-state index is 0.134. The van der Waals surface area contributed by atoms with Crippen molar-refractivity contribution in [2.45, 2.75) is 19.5 Å². The van der Waals surface area contributed by atoms with Crippen LogP contribution in [0.25, 0.3) is 16.0 Å². The van der Waals surface area contributed by atoms with Crippen LogP contribution in [0.2, 0.25) is 5.02 Å². The molecule has 5 rings (SSSR count). The van der Waals surface area contributed by atoms with E-state index in [9.17, 15) is 14.0 Å². The highest BCUT2D eigenvalue weighted by Crippen LogP contribution is 2.21. The average Bonchev–Trinajstić information content (AvgIpc) is 3.37. The third-order valence-corrected chi connectivity index (χ3v) is 6.47. The van der Waals surface area contributed by atoms with Crippen LogP contribution in [0.15, 0.2) is 69.6 Å². The number of aryl methyl sites for hydroxylation is 2. The van der Waals surface area contributed by atoms with Crippen LogP contribution in [0.3, 0.4) is 0 Å². The number of nitrogens with zero attached hydrogens (tertiary/aromatic N) is 4. The lowest BCUT2D eigenvalue weighted by Crippen LogP contribution is -2.26. The molecule has 2 aromatic carbocycles. The molecule has 0 fully saturated rings. The van der Waals surface area contributed by atoms with E-state index in [0.29, 0.717) is 23.2 Å². The second-order valence-corrected chi connectivity index (χ2v) is 8.43. The molecule has 6 nitrogen and oxygen atoms in total. The highest BCUT2D eigenvalue weighted by atomic mass is 35.5. The Balaban J connectivity index is 1.68. The van der Waals surface area contributed by atoms with Crippen molar-refractivity contribution >= 4 is 38.9 Å². The van der Waals surface area contributed by atoms with Crippen molar-refractivity contribution in [2.24, 2.45) is 0 Å². The zero-order valence-electron chi connectivity index (χ0n) is 16.2. The van der Waals surface area contributed by atoms with Gasteiger partial charge in [0, 0.05) is 17.1 Å². The first kappa shape index (κ1) is 19.7. The van der Waals surface area contributed by atoms with Crippen LogP contribution in [0, 0.1) is 5.82 Å². The molecule has 156 valence electrons. The summed E-state index contributed by atoms with van der Waals surface area (Å²) >= 11 is 7.42. The largest absolute Gasteiger partial charge is 0.352 e. The van der Waals surface area contributed by atoms with Gasteiger partial charge in [-0.1, -0.05) is 48.0 Å². The summed E-state index contributed by atoms with van der Waals surface area (Å²) in [5.41, 5.74) is 1.09. The van der Waals surface area contributed by atoms with Crippen LogP contribution in [-0.4, -0.2) is 18.7 Å². The molecule has 3 heterocycles. The number of halogens is 2. The molecule has 0 bridgehead atoms. The summed E-state index contributed by atoms with van der Waals surface area (Å²) in [6, 6.07) is 15.8. The first-order valence-electron chi connectivity index (χ1n) is 9.61. The van der Waals surface area contributed by atoms with E-state index >= 15 is 0 Å². The van der Waals surface area contributed by atoms with Crippen molar-refractivity contribution in [1.29, 1.82) is 0 Å². The molecule has 0 aliphatic heterocycles. The number of hydrogen-bond donors (Lipinski definition) is 0. The van der Waals surface area contributed by atoms with Gasteiger partial charge in [0.2, 0.25) is 5.78 Å². The number of thiophene rings is 1. The van der Waals surface area contributed by atoms with E-state index in [-0.39, 0.29) is 28.5 Å². The minimum atomic E-state index is -0.515. The number of rotatable bonds is 5. The summed E-state index contributed by atoms with van der Waals surface area (Å²) in [6.07, 6.45) is 0.605. The van der Waals surface area contributed by atoms with Gasteiger partial charge in [-0.3, -0.25) is 9.36 Å². The first-order valence-corrected chi connectivity index (χ1v) is 10.9. The molecule has 0 saturated heterocycles. The highest BCUT2D eigenvalue weighted by Gasteiger charge is 2.19. The van der Waals surface area contributed by atoms with Crippen molar-refractivity contribution in [3.8, 4) is 0 Å². The molecule has 31 heavy (non-hydrogen) atoms. The van der Waals surface area contributed by atoms with Crippen LogP contribution >= 0.6 is 22.9 Å². The van der Waals surface area contributed by atoms with Gasteiger partial charge in [-0.2, -0.15) is 0 Å². The molecular weight excluding hydrogens is 439 g/mol. The molecule has 0 unspecified atom stereocenters. The second-order valence-electron chi connectivity index (χ2n) is 7.10. The van der Waals surface area contributed by atoms with Crippen molar-refractivity contribution in [1.82, 2.24) is 18.7 Å². The Bertz CT molecular complexity index is 1510. The third-order valence-electron chi connectivity index (χ3n) is 5.22. The molecule has 0 N–H and O–H groups in total. The topological polar surface area (TPSA) is 61.3 Å². The summed E-state index contributed by atoms with van der Waals surface area (Å²) in [5.74, 6) is -0.289. The second kappa shape index (κ2) is 7.79. The van der Waals surface area contributed by atoms with Gasteiger partial charge >= 0.3 is 5.69 Å². The lowest BCUT2D eigenvalue weighted by Gasteiger charge is -2.08. The molecule has 9 heteroatoms. The van der Waals surface area contributed by atoms with Crippen LogP contribution in [0.4, 0.5) is 4.39 Å². The molecule has 0 atom stereocenters. The van der Waals surface area contributed by atoms with Gasteiger partial charge in [-0.25, -0.2) is 18.3 Å². The third kappa shape index (κ3) is 3.37. The van der Waals surface area contributed by atoms with E-state index in [2.05, 4.69) is 5.10 Å². The molecule has 0 aliphatic rings. The SMILES string of the molecule is O=c1c2sccc2n2c(=O)n(Cc3c(F)cccc3Cl)nc2n1CCc1ccccc1. The number of benzene rings is 2. The van der Waals surface area contributed by atoms with Gasteiger partial charge in [0.25, 0.3) is 5.56 Å². The fourth-order valence-corrected chi connectivity index (χ4v) is 4.70. The lowest BCUT2D eigenvalue weighted by molar-refractivity contribution is 0.577. The van der Waals surface area contributed by atoms with Crippen molar-refractivity contribution in [2.75, 3.05) is 0 Å². The van der Waals surface area contributed by atoms with E-state index in [1.165, 1.54) is 32.4 Å². The Morgan fingerprint density at radius 3 is 2.61 bits per heavy atom. The standard InChI is InChI=1S/C22H16ClFN4O2S/c23-16-7-4-8-17(24)15(16)13-27-22(30)28-18-10-12-31-19(18)20(29)26(21(28)25-27)11-9-14-5-2-1-3-6-14/h1-8,10,12H,9,11,13H2. The quantitative estimate of drug-likeness (QED) is 0.404. The number of fused-ring (bicyclic) bond motifs is 3. The van der Waals surface area contributed by atoms with Crippen molar-refractivity contribution in [3.05, 3.63) is 103 Å². The molecular formula is C22H16ClFN4O2S. The Morgan fingerprint density at radius 2 is 1.84 bits per heavy atom. The van der Waals surface area contributed by atoms with E-state index in [4.69, 9.17) is 11.6 Å². The molecule has 0 spiro atoms. The van der Waals surface area contributed by atoms with Crippen LogP contribution in [0.5, 0.6) is 0 Å². The van der Waals surface area contributed by atoms with Gasteiger partial charge in [-0.05, 0) is 35.6 Å². The Labute approximate surface area is 184 Å². The fraction of sp³-hybridized carbons (Fsp3) is 0.136. The predicted octanol–water partition coefficient (Wildman–Crippen LogP) is 3.96. The highest BCUT2D eigenvalue weighted by molar-refractivity contribution is 7.17. The van der Waals surface area contributed by atoms with E-state index in [1.54, 1.807) is 17.5 Å². The maximum atomic E-state index is 14.3. The first-order chi connectivity index (χ1) is 15.0. The molecule has 5 aromatic rings. The molecule has 0 radical (unpaired) electrons. The summed E-state index contributed by atoms with van der Waals surface area (Å²) in [5, 5.41) is 6.38. The van der Waals surface area contributed by atoms with E-state index in [0.717, 1.165) is 10.2 Å². The zero-order valence-corrected chi connectivity index (χ0v) is 17.7. The fourth-order valence-electron chi connectivity index (χ4n) is 3.66.